The van der Waals surface area contributed by atoms with E-state index in [2.05, 4.69) is 105 Å². The second-order valence-corrected chi connectivity index (χ2v) is 11.1. The molecule has 4 nitrogen and oxygen atoms in total. The molecular weight excluding hydrogens is 480 g/mol. The molecule has 0 aliphatic rings. The zero-order chi connectivity index (χ0) is 27.9. The summed E-state index contributed by atoms with van der Waals surface area (Å²) in [6, 6.07) is 28.6. The largest absolute Gasteiger partial charge is 0.494 e. The normalized spacial score (nSPS) is 12.3. The Morgan fingerprint density at radius 2 is 1.36 bits per heavy atom. The van der Waals surface area contributed by atoms with Crippen molar-refractivity contribution in [3.63, 3.8) is 0 Å². The van der Waals surface area contributed by atoms with Gasteiger partial charge in [0.2, 0.25) is 0 Å². The molecule has 1 unspecified atom stereocenters. The molecule has 0 aromatic heterocycles. The van der Waals surface area contributed by atoms with Crippen LogP contribution in [0.25, 0.3) is 0 Å². The number of rotatable bonds is 18. The Labute approximate surface area is 237 Å². The fourth-order valence-corrected chi connectivity index (χ4v) is 5.30. The van der Waals surface area contributed by atoms with Crippen LogP contribution in [0.15, 0.2) is 78.9 Å². The highest BCUT2D eigenvalue weighted by Gasteiger charge is 2.23. The molecule has 2 N–H and O–H groups in total. The van der Waals surface area contributed by atoms with Gasteiger partial charge in [-0.2, -0.15) is 0 Å². The van der Waals surface area contributed by atoms with Gasteiger partial charge in [-0.05, 0) is 89.4 Å². The van der Waals surface area contributed by atoms with Crippen LogP contribution >= 0.6 is 0 Å². The molecule has 0 spiro atoms. The lowest BCUT2D eigenvalue weighted by atomic mass is 9.87. The van der Waals surface area contributed by atoms with E-state index in [9.17, 15) is 0 Å². The van der Waals surface area contributed by atoms with E-state index in [1.54, 1.807) is 0 Å². The zero-order valence-electron chi connectivity index (χ0n) is 24.6. The smallest absolute Gasteiger partial charge is 0.123 e. The minimum Gasteiger partial charge on any atom is -0.494 e. The van der Waals surface area contributed by atoms with Crippen LogP contribution in [0.5, 0.6) is 11.5 Å². The standard InChI is InChI=1S/C35H50N2O2/c1-28(2)37(29(3)4)24-22-33(31-18-12-9-13-19-31)34-26-32(38-25-15-7-5-6-14-23-36)20-21-35(34)39-27-30-16-10-8-11-17-30/h8-13,16-21,26,28-29,33H,5-7,14-15,22-25,27,36H2,1-4H3. The minimum absolute atomic E-state index is 0.205. The highest BCUT2D eigenvalue weighted by Crippen LogP contribution is 2.38. The summed E-state index contributed by atoms with van der Waals surface area (Å²) in [4.78, 5) is 2.57. The molecule has 212 valence electrons. The molecule has 0 bridgehead atoms. The SMILES string of the molecule is CC(C)N(CCC(c1ccccc1)c1cc(OCCCCCCCN)ccc1OCc1ccccc1)C(C)C. The van der Waals surface area contributed by atoms with Crippen molar-refractivity contribution in [1.29, 1.82) is 0 Å². The van der Waals surface area contributed by atoms with E-state index in [0.717, 1.165) is 50.5 Å². The van der Waals surface area contributed by atoms with Gasteiger partial charge >= 0.3 is 0 Å². The first kappa shape index (κ1) is 30.7. The van der Waals surface area contributed by atoms with Crippen LogP contribution in [-0.4, -0.2) is 36.7 Å². The van der Waals surface area contributed by atoms with Gasteiger partial charge in [-0.25, -0.2) is 0 Å². The van der Waals surface area contributed by atoms with E-state index in [1.165, 1.54) is 36.0 Å². The predicted molar refractivity (Wildman–Crippen MR) is 165 cm³/mol. The van der Waals surface area contributed by atoms with Crippen LogP contribution in [0.2, 0.25) is 0 Å². The molecule has 0 saturated carbocycles. The fraction of sp³-hybridized carbons (Fsp3) is 0.486. The molecule has 0 saturated heterocycles. The second-order valence-electron chi connectivity index (χ2n) is 11.1. The lowest BCUT2D eigenvalue weighted by Gasteiger charge is -2.32. The average Bonchev–Trinajstić information content (AvgIpc) is 2.94. The van der Waals surface area contributed by atoms with Crippen molar-refractivity contribution in [2.75, 3.05) is 19.7 Å². The number of nitrogens with zero attached hydrogens (tertiary/aromatic N) is 1. The Morgan fingerprint density at radius 1 is 0.718 bits per heavy atom. The van der Waals surface area contributed by atoms with Crippen molar-refractivity contribution in [3.8, 4) is 11.5 Å². The number of nitrogens with two attached hydrogens (primary N) is 1. The van der Waals surface area contributed by atoms with E-state index >= 15 is 0 Å². The van der Waals surface area contributed by atoms with Gasteiger partial charge in [0.1, 0.15) is 18.1 Å². The summed E-state index contributed by atoms with van der Waals surface area (Å²) >= 11 is 0. The summed E-state index contributed by atoms with van der Waals surface area (Å²) in [5.41, 5.74) is 9.30. The molecule has 39 heavy (non-hydrogen) atoms. The van der Waals surface area contributed by atoms with Crippen molar-refractivity contribution in [3.05, 3.63) is 95.6 Å². The molecule has 0 aliphatic carbocycles. The summed E-state index contributed by atoms with van der Waals surface area (Å²) in [5, 5.41) is 0. The monoisotopic (exact) mass is 530 g/mol. The van der Waals surface area contributed by atoms with Gasteiger partial charge in [-0.1, -0.05) is 79.9 Å². The summed E-state index contributed by atoms with van der Waals surface area (Å²) in [6.45, 7) is 12.2. The Kier molecular flexibility index (Phi) is 13.4. The van der Waals surface area contributed by atoms with Gasteiger partial charge in [0.05, 0.1) is 6.61 Å². The number of benzene rings is 3. The minimum atomic E-state index is 0.205. The van der Waals surface area contributed by atoms with Crippen molar-refractivity contribution < 1.29 is 9.47 Å². The molecule has 1 atom stereocenters. The molecule has 0 aliphatic heterocycles. The van der Waals surface area contributed by atoms with Gasteiger partial charge in [-0.15, -0.1) is 0 Å². The molecular formula is C35H50N2O2. The number of ether oxygens (including phenoxy) is 2. The molecule has 4 heteroatoms. The molecule has 0 fully saturated rings. The van der Waals surface area contributed by atoms with E-state index < -0.39 is 0 Å². The topological polar surface area (TPSA) is 47.7 Å². The van der Waals surface area contributed by atoms with E-state index in [0.29, 0.717) is 18.7 Å². The first-order valence-corrected chi connectivity index (χ1v) is 14.9. The Hall–Kier alpha value is -2.82. The van der Waals surface area contributed by atoms with Crippen molar-refractivity contribution in [2.45, 2.75) is 90.8 Å². The first-order chi connectivity index (χ1) is 19.0. The number of hydrogen-bond donors (Lipinski definition) is 1. The van der Waals surface area contributed by atoms with Crippen LogP contribution in [0.3, 0.4) is 0 Å². The summed E-state index contributed by atoms with van der Waals surface area (Å²) < 4.78 is 12.8. The molecule has 0 heterocycles. The summed E-state index contributed by atoms with van der Waals surface area (Å²) in [5.74, 6) is 2.06. The quantitative estimate of drug-likeness (QED) is 0.168. The summed E-state index contributed by atoms with van der Waals surface area (Å²) in [6.07, 6.45) is 6.78. The van der Waals surface area contributed by atoms with Gasteiger partial charge in [0, 0.05) is 23.6 Å². The third kappa shape index (κ3) is 10.3. The molecule has 3 aromatic rings. The van der Waals surface area contributed by atoms with Gasteiger partial charge in [0.15, 0.2) is 0 Å². The number of unbranched alkanes of at least 4 members (excludes halogenated alkanes) is 4. The lowest BCUT2D eigenvalue weighted by Crippen LogP contribution is -2.38. The van der Waals surface area contributed by atoms with Crippen LogP contribution < -0.4 is 15.2 Å². The van der Waals surface area contributed by atoms with Crippen molar-refractivity contribution in [1.82, 2.24) is 4.90 Å². The highest BCUT2D eigenvalue weighted by molar-refractivity contribution is 5.46. The molecule has 0 amide bonds. The lowest BCUT2D eigenvalue weighted by molar-refractivity contribution is 0.170. The van der Waals surface area contributed by atoms with Gasteiger partial charge < -0.3 is 15.2 Å². The van der Waals surface area contributed by atoms with Crippen molar-refractivity contribution in [2.24, 2.45) is 5.73 Å². The predicted octanol–water partition coefficient (Wildman–Crippen LogP) is 8.19. The van der Waals surface area contributed by atoms with E-state index in [-0.39, 0.29) is 5.92 Å². The average molecular weight is 531 g/mol. The van der Waals surface area contributed by atoms with E-state index in [4.69, 9.17) is 15.2 Å². The maximum absolute atomic E-state index is 6.48. The summed E-state index contributed by atoms with van der Waals surface area (Å²) in [7, 11) is 0. The molecule has 3 aromatic carbocycles. The van der Waals surface area contributed by atoms with Crippen LogP contribution in [0.1, 0.15) is 88.8 Å². The number of hydrogen-bond acceptors (Lipinski definition) is 4. The third-order valence-electron chi connectivity index (χ3n) is 7.42. The Bertz CT molecular complexity index is 1040. The maximum Gasteiger partial charge on any atom is 0.123 e. The van der Waals surface area contributed by atoms with Gasteiger partial charge in [0.25, 0.3) is 0 Å². The van der Waals surface area contributed by atoms with Crippen LogP contribution in [-0.2, 0) is 6.61 Å². The third-order valence-corrected chi connectivity index (χ3v) is 7.42. The first-order valence-electron chi connectivity index (χ1n) is 14.9. The maximum atomic E-state index is 6.48. The Morgan fingerprint density at radius 3 is 2.03 bits per heavy atom. The van der Waals surface area contributed by atoms with Crippen LogP contribution in [0, 0.1) is 0 Å². The molecule has 3 rings (SSSR count). The zero-order valence-corrected chi connectivity index (χ0v) is 24.6. The van der Waals surface area contributed by atoms with Crippen molar-refractivity contribution >= 4 is 0 Å². The second kappa shape index (κ2) is 17.0. The van der Waals surface area contributed by atoms with Crippen LogP contribution in [0.4, 0.5) is 0 Å². The Balaban J connectivity index is 1.85. The van der Waals surface area contributed by atoms with E-state index in [1.807, 2.05) is 6.07 Å². The van der Waals surface area contributed by atoms with Gasteiger partial charge in [-0.3, -0.25) is 4.90 Å². The fourth-order valence-electron chi connectivity index (χ4n) is 5.30. The highest BCUT2D eigenvalue weighted by atomic mass is 16.5. The molecule has 0 radical (unpaired) electrons.